The second kappa shape index (κ2) is 9.71. The third-order valence-corrected chi connectivity index (χ3v) is 2.97. The van der Waals surface area contributed by atoms with E-state index in [-0.39, 0.29) is 0 Å². The van der Waals surface area contributed by atoms with Crippen LogP contribution in [-0.2, 0) is 6.42 Å². The lowest BCUT2D eigenvalue weighted by atomic mass is 10.1. The molecule has 0 aliphatic rings. The SMILES string of the molecule is CCCC(C)C.CCc1cncc(SC)c1. The summed E-state index contributed by atoms with van der Waals surface area (Å²) in [5, 5.41) is 0. The van der Waals surface area contributed by atoms with Crippen molar-refractivity contribution >= 4 is 11.8 Å². The summed E-state index contributed by atoms with van der Waals surface area (Å²) < 4.78 is 0. The van der Waals surface area contributed by atoms with Gasteiger partial charge in [-0.25, -0.2) is 0 Å². The van der Waals surface area contributed by atoms with Gasteiger partial charge in [-0.1, -0.05) is 40.5 Å². The fourth-order valence-corrected chi connectivity index (χ4v) is 1.78. The molecule has 0 spiro atoms. The lowest BCUT2D eigenvalue weighted by Gasteiger charge is -1.97. The molecule has 1 nitrogen and oxygen atoms in total. The van der Waals surface area contributed by atoms with Gasteiger partial charge in [0.15, 0.2) is 0 Å². The van der Waals surface area contributed by atoms with E-state index >= 15 is 0 Å². The fourth-order valence-electron chi connectivity index (χ4n) is 1.35. The predicted octanol–water partition coefficient (Wildman–Crippen LogP) is 4.81. The molecular formula is C14H25NS. The molecule has 1 aromatic heterocycles. The van der Waals surface area contributed by atoms with Crippen LogP contribution in [0.5, 0.6) is 0 Å². The minimum absolute atomic E-state index is 0.898. The van der Waals surface area contributed by atoms with E-state index in [9.17, 15) is 0 Å². The first-order chi connectivity index (χ1) is 7.63. The lowest BCUT2D eigenvalue weighted by molar-refractivity contribution is 0.576. The molecule has 0 saturated carbocycles. The average Bonchev–Trinajstić information content (AvgIpc) is 2.29. The summed E-state index contributed by atoms with van der Waals surface area (Å²) in [5.41, 5.74) is 1.31. The summed E-state index contributed by atoms with van der Waals surface area (Å²) in [6.45, 7) is 8.87. The Balaban J connectivity index is 0.000000325. The molecule has 0 atom stereocenters. The van der Waals surface area contributed by atoms with Gasteiger partial charge in [-0.3, -0.25) is 4.98 Å². The van der Waals surface area contributed by atoms with Crippen LogP contribution in [0.15, 0.2) is 23.4 Å². The molecule has 16 heavy (non-hydrogen) atoms. The van der Waals surface area contributed by atoms with Crippen LogP contribution in [-0.4, -0.2) is 11.2 Å². The van der Waals surface area contributed by atoms with Gasteiger partial charge in [0.25, 0.3) is 0 Å². The van der Waals surface area contributed by atoms with Gasteiger partial charge in [0, 0.05) is 17.3 Å². The molecule has 0 aliphatic carbocycles. The normalized spacial score (nSPS) is 9.88. The van der Waals surface area contributed by atoms with Crippen molar-refractivity contribution in [2.45, 2.75) is 51.9 Å². The van der Waals surface area contributed by atoms with Crippen LogP contribution in [0.2, 0.25) is 0 Å². The van der Waals surface area contributed by atoms with Crippen LogP contribution in [0, 0.1) is 5.92 Å². The highest BCUT2D eigenvalue weighted by Crippen LogP contribution is 2.13. The Hall–Kier alpha value is -0.500. The standard InChI is InChI=1S/C8H11NS.C6H14/c1-3-7-4-8(10-2)6-9-5-7;1-4-5-6(2)3/h4-6H,3H2,1-2H3;6H,4-5H2,1-3H3. The fraction of sp³-hybridized carbons (Fsp3) is 0.643. The minimum atomic E-state index is 0.898. The van der Waals surface area contributed by atoms with Gasteiger partial charge in [-0.05, 0) is 30.2 Å². The van der Waals surface area contributed by atoms with Gasteiger partial charge in [0.05, 0.1) is 0 Å². The van der Waals surface area contributed by atoms with Gasteiger partial charge in [-0.15, -0.1) is 11.8 Å². The van der Waals surface area contributed by atoms with Crippen LogP contribution >= 0.6 is 11.8 Å². The Morgan fingerprint density at radius 1 is 1.25 bits per heavy atom. The van der Waals surface area contributed by atoms with E-state index in [0.717, 1.165) is 12.3 Å². The summed E-state index contributed by atoms with van der Waals surface area (Å²) in [7, 11) is 0. The smallest absolute Gasteiger partial charge is 0.0404 e. The van der Waals surface area contributed by atoms with Crippen molar-refractivity contribution in [3.63, 3.8) is 0 Å². The number of thioether (sulfide) groups is 1. The molecule has 0 amide bonds. The van der Waals surface area contributed by atoms with E-state index in [1.54, 1.807) is 11.8 Å². The Bertz CT molecular complexity index is 252. The maximum atomic E-state index is 4.11. The van der Waals surface area contributed by atoms with Crippen LogP contribution in [0.4, 0.5) is 0 Å². The van der Waals surface area contributed by atoms with Gasteiger partial charge < -0.3 is 0 Å². The van der Waals surface area contributed by atoms with E-state index in [4.69, 9.17) is 0 Å². The monoisotopic (exact) mass is 239 g/mol. The third-order valence-electron chi connectivity index (χ3n) is 2.28. The summed E-state index contributed by atoms with van der Waals surface area (Å²) in [6, 6.07) is 2.18. The molecule has 2 heteroatoms. The molecule has 0 unspecified atom stereocenters. The first-order valence-corrected chi connectivity index (χ1v) is 7.34. The van der Waals surface area contributed by atoms with Crippen molar-refractivity contribution < 1.29 is 0 Å². The molecular weight excluding hydrogens is 214 g/mol. The number of aryl methyl sites for hydroxylation is 1. The second-order valence-electron chi connectivity index (χ2n) is 4.27. The Labute approximate surface area is 105 Å². The molecule has 92 valence electrons. The van der Waals surface area contributed by atoms with Crippen molar-refractivity contribution in [3.8, 4) is 0 Å². The highest BCUT2D eigenvalue weighted by atomic mass is 32.2. The second-order valence-corrected chi connectivity index (χ2v) is 5.15. The Morgan fingerprint density at radius 3 is 2.31 bits per heavy atom. The summed E-state index contributed by atoms with van der Waals surface area (Å²) in [5.74, 6) is 0.898. The quantitative estimate of drug-likeness (QED) is 0.699. The number of rotatable bonds is 4. The molecule has 1 aromatic rings. The zero-order valence-electron chi connectivity index (χ0n) is 11.3. The predicted molar refractivity (Wildman–Crippen MR) is 75.1 cm³/mol. The molecule has 0 N–H and O–H groups in total. The number of hydrogen-bond donors (Lipinski definition) is 0. The first kappa shape index (κ1) is 15.5. The highest BCUT2D eigenvalue weighted by Gasteiger charge is 1.91. The Morgan fingerprint density at radius 2 is 1.94 bits per heavy atom. The molecule has 0 fully saturated rings. The summed E-state index contributed by atoms with van der Waals surface area (Å²) in [4.78, 5) is 5.35. The molecule has 0 aliphatic heterocycles. The van der Waals surface area contributed by atoms with Crippen LogP contribution < -0.4 is 0 Å². The van der Waals surface area contributed by atoms with Crippen LogP contribution in [0.1, 0.15) is 46.1 Å². The van der Waals surface area contributed by atoms with Gasteiger partial charge >= 0.3 is 0 Å². The van der Waals surface area contributed by atoms with Gasteiger partial charge in [-0.2, -0.15) is 0 Å². The number of nitrogens with zero attached hydrogens (tertiary/aromatic N) is 1. The molecule has 0 bridgehead atoms. The average molecular weight is 239 g/mol. The van der Waals surface area contributed by atoms with E-state index in [1.807, 2.05) is 12.4 Å². The zero-order valence-corrected chi connectivity index (χ0v) is 12.1. The van der Waals surface area contributed by atoms with Gasteiger partial charge in [0.2, 0.25) is 0 Å². The minimum Gasteiger partial charge on any atom is -0.263 e. The molecule has 0 aromatic carbocycles. The highest BCUT2D eigenvalue weighted by molar-refractivity contribution is 7.98. The maximum absolute atomic E-state index is 4.11. The van der Waals surface area contributed by atoms with E-state index in [2.05, 4.69) is 45.0 Å². The number of pyridine rings is 1. The van der Waals surface area contributed by atoms with Crippen molar-refractivity contribution in [2.75, 3.05) is 6.26 Å². The van der Waals surface area contributed by atoms with Gasteiger partial charge in [0.1, 0.15) is 0 Å². The van der Waals surface area contributed by atoms with Crippen molar-refractivity contribution in [1.82, 2.24) is 4.98 Å². The summed E-state index contributed by atoms with van der Waals surface area (Å²) in [6.07, 6.45) is 9.65. The number of aromatic nitrogens is 1. The number of hydrogen-bond acceptors (Lipinski definition) is 2. The largest absolute Gasteiger partial charge is 0.263 e. The Kier molecular flexibility index (Phi) is 9.40. The maximum Gasteiger partial charge on any atom is 0.0404 e. The first-order valence-electron chi connectivity index (χ1n) is 6.11. The van der Waals surface area contributed by atoms with E-state index in [0.29, 0.717) is 0 Å². The molecule has 1 rings (SSSR count). The third kappa shape index (κ3) is 7.75. The van der Waals surface area contributed by atoms with Crippen molar-refractivity contribution in [3.05, 3.63) is 24.0 Å². The van der Waals surface area contributed by atoms with E-state index < -0.39 is 0 Å². The topological polar surface area (TPSA) is 12.9 Å². The van der Waals surface area contributed by atoms with E-state index in [1.165, 1.54) is 23.3 Å². The summed E-state index contributed by atoms with van der Waals surface area (Å²) >= 11 is 1.74. The molecule has 1 heterocycles. The zero-order chi connectivity index (χ0) is 12.4. The molecule has 0 saturated heterocycles. The lowest BCUT2D eigenvalue weighted by Crippen LogP contribution is -1.82. The van der Waals surface area contributed by atoms with Crippen molar-refractivity contribution in [2.24, 2.45) is 5.92 Å². The van der Waals surface area contributed by atoms with Crippen molar-refractivity contribution in [1.29, 1.82) is 0 Å². The van der Waals surface area contributed by atoms with Crippen LogP contribution in [0.25, 0.3) is 0 Å². The van der Waals surface area contributed by atoms with Crippen LogP contribution in [0.3, 0.4) is 0 Å². The molecule has 0 radical (unpaired) electrons.